The molecule has 1 saturated heterocycles. The van der Waals surface area contributed by atoms with Gasteiger partial charge in [0, 0.05) is 55.8 Å². The molecule has 0 aliphatic carbocycles. The SMILES string of the molecule is Cc1cnc(C(c2ccn3c(C(F)F)nnc3c2C)C(C)(C)C(=O)O)cc1CN1CCCOCCOc2nc(OCCN3CCCC3)c(C)cc2S1(=O)=O. The van der Waals surface area contributed by atoms with Gasteiger partial charge in [-0.2, -0.15) is 9.29 Å². The summed E-state index contributed by atoms with van der Waals surface area (Å²) in [5, 5.41) is 18.1. The molecular formula is C37H47F2N7O7S. The quantitative estimate of drug-likeness (QED) is 0.216. The van der Waals surface area contributed by atoms with Gasteiger partial charge >= 0.3 is 5.97 Å². The van der Waals surface area contributed by atoms with Crippen molar-refractivity contribution in [3.8, 4) is 11.8 Å². The number of ether oxygens (including phenoxy) is 3. The number of halogens is 2. The van der Waals surface area contributed by atoms with Gasteiger partial charge in [0.15, 0.2) is 5.65 Å². The van der Waals surface area contributed by atoms with Crippen molar-refractivity contribution in [2.75, 3.05) is 52.6 Å². The Bertz CT molecular complexity index is 2110. The van der Waals surface area contributed by atoms with Crippen LogP contribution in [-0.2, 0) is 26.1 Å². The van der Waals surface area contributed by atoms with Crippen LogP contribution in [0.3, 0.4) is 0 Å². The minimum atomic E-state index is -4.22. The lowest BCUT2D eigenvalue weighted by Crippen LogP contribution is -2.34. The summed E-state index contributed by atoms with van der Waals surface area (Å²) in [6.45, 7) is 12.2. The van der Waals surface area contributed by atoms with Crippen molar-refractivity contribution < 1.29 is 41.3 Å². The van der Waals surface area contributed by atoms with Gasteiger partial charge in [-0.05, 0) is 107 Å². The Balaban J connectivity index is 1.37. The number of pyridine rings is 3. The van der Waals surface area contributed by atoms with Gasteiger partial charge in [0.2, 0.25) is 27.6 Å². The summed E-state index contributed by atoms with van der Waals surface area (Å²) in [5.41, 5.74) is 1.90. The van der Waals surface area contributed by atoms with Crippen LogP contribution in [0.2, 0.25) is 0 Å². The highest BCUT2D eigenvalue weighted by Crippen LogP contribution is 2.43. The van der Waals surface area contributed by atoms with Crippen LogP contribution in [0.1, 0.15) is 84.8 Å². The Morgan fingerprint density at radius 1 is 1.04 bits per heavy atom. The fourth-order valence-corrected chi connectivity index (χ4v) is 8.66. The average molecular weight is 772 g/mol. The monoisotopic (exact) mass is 771 g/mol. The molecule has 0 aromatic carbocycles. The number of likely N-dealkylation sites (tertiary alicyclic amines) is 1. The van der Waals surface area contributed by atoms with E-state index in [1.807, 2.05) is 0 Å². The molecule has 4 aromatic rings. The van der Waals surface area contributed by atoms with E-state index in [1.165, 1.54) is 21.0 Å². The Morgan fingerprint density at radius 3 is 2.52 bits per heavy atom. The Kier molecular flexibility index (Phi) is 11.8. The van der Waals surface area contributed by atoms with Gasteiger partial charge in [-0.3, -0.25) is 19.1 Å². The van der Waals surface area contributed by atoms with E-state index < -0.39 is 39.6 Å². The summed E-state index contributed by atoms with van der Waals surface area (Å²) in [6, 6.07) is 4.84. The minimum absolute atomic E-state index is 0.0722. The Hall–Kier alpha value is -4.32. The summed E-state index contributed by atoms with van der Waals surface area (Å²) in [7, 11) is -4.22. The third-order valence-corrected chi connectivity index (χ3v) is 12.1. The van der Waals surface area contributed by atoms with Gasteiger partial charge in [-0.15, -0.1) is 10.2 Å². The molecule has 0 spiro atoms. The van der Waals surface area contributed by atoms with Gasteiger partial charge in [0.25, 0.3) is 6.43 Å². The summed E-state index contributed by atoms with van der Waals surface area (Å²) < 4.78 is 76.7. The van der Waals surface area contributed by atoms with Crippen LogP contribution in [0.25, 0.3) is 5.65 Å². The zero-order valence-corrected chi connectivity index (χ0v) is 32.0. The minimum Gasteiger partial charge on any atom is -0.481 e. The molecule has 0 amide bonds. The molecule has 17 heteroatoms. The molecule has 0 saturated carbocycles. The standard InChI is InChI=1S/C37H47F2N7O7S/c1-23-19-29-35(41-34(23)52-16-14-44-10-6-7-11-44)53-18-17-51-15-8-12-45(54(29,49)50)22-26-20-28(40-21-24(26)2)30(37(4,5)36(47)48)27-9-13-46-32(25(27)3)42-43-33(46)31(38)39/h9,13,19-21,30-31H,6-8,10-12,14-18,22H2,1-5H3,(H,47,48). The van der Waals surface area contributed by atoms with Crippen LogP contribution in [-0.4, -0.2) is 106 Å². The number of hydrogen-bond donors (Lipinski definition) is 1. The predicted octanol–water partition coefficient (Wildman–Crippen LogP) is 5.09. The molecule has 0 radical (unpaired) electrons. The van der Waals surface area contributed by atoms with E-state index in [0.717, 1.165) is 32.5 Å². The molecule has 1 fully saturated rings. The van der Waals surface area contributed by atoms with Crippen molar-refractivity contribution in [3.63, 3.8) is 0 Å². The van der Waals surface area contributed by atoms with Crippen molar-refractivity contribution in [3.05, 3.63) is 69.9 Å². The van der Waals surface area contributed by atoms with E-state index in [2.05, 4.69) is 25.1 Å². The topological polar surface area (TPSA) is 162 Å². The van der Waals surface area contributed by atoms with Gasteiger partial charge in [-0.1, -0.05) is 0 Å². The summed E-state index contributed by atoms with van der Waals surface area (Å²) in [4.78, 5) is 24.2. The number of sulfonamides is 1. The van der Waals surface area contributed by atoms with Crippen LogP contribution < -0.4 is 9.47 Å². The Morgan fingerprint density at radius 2 is 1.80 bits per heavy atom. The fraction of sp³-hybridized carbons (Fsp3) is 0.541. The molecule has 4 aromatic heterocycles. The lowest BCUT2D eigenvalue weighted by molar-refractivity contribution is -0.147. The van der Waals surface area contributed by atoms with Gasteiger partial charge < -0.3 is 19.3 Å². The molecular weight excluding hydrogens is 725 g/mol. The van der Waals surface area contributed by atoms with E-state index >= 15 is 0 Å². The maximum atomic E-state index is 14.6. The second-order valence-electron chi connectivity index (χ2n) is 14.4. The van der Waals surface area contributed by atoms with Crippen molar-refractivity contribution >= 4 is 21.6 Å². The molecule has 6 rings (SSSR count). The molecule has 1 atom stereocenters. The number of carboxylic acids is 1. The largest absolute Gasteiger partial charge is 0.481 e. The summed E-state index contributed by atoms with van der Waals surface area (Å²) >= 11 is 0. The first kappa shape index (κ1) is 39.4. The number of carboxylic acid groups (broad SMARTS) is 1. The molecule has 1 N–H and O–H groups in total. The van der Waals surface area contributed by atoms with Crippen LogP contribution in [0.5, 0.6) is 11.8 Å². The lowest BCUT2D eigenvalue weighted by Gasteiger charge is -2.32. The number of fused-ring (bicyclic) bond motifs is 2. The molecule has 0 bridgehead atoms. The number of aliphatic carboxylic acids is 1. The van der Waals surface area contributed by atoms with Crippen LogP contribution in [0.15, 0.2) is 35.5 Å². The number of nitrogens with zero attached hydrogens (tertiary/aromatic N) is 7. The summed E-state index contributed by atoms with van der Waals surface area (Å²) in [6.07, 6.45) is 2.86. The summed E-state index contributed by atoms with van der Waals surface area (Å²) in [5.74, 6) is -2.29. The van der Waals surface area contributed by atoms with Gasteiger partial charge in [0.05, 0.1) is 12.0 Å². The van der Waals surface area contributed by atoms with Crippen LogP contribution in [0.4, 0.5) is 8.78 Å². The van der Waals surface area contributed by atoms with Crippen LogP contribution in [0, 0.1) is 26.2 Å². The Labute approximate surface area is 313 Å². The highest BCUT2D eigenvalue weighted by atomic mass is 32.2. The highest BCUT2D eigenvalue weighted by molar-refractivity contribution is 7.89. The zero-order chi connectivity index (χ0) is 38.8. The first-order valence-electron chi connectivity index (χ1n) is 18.1. The first-order valence-corrected chi connectivity index (χ1v) is 19.5. The maximum absolute atomic E-state index is 14.6. The maximum Gasteiger partial charge on any atom is 0.310 e. The van der Waals surface area contributed by atoms with Crippen molar-refractivity contribution in [2.45, 2.75) is 77.7 Å². The average Bonchev–Trinajstić information content (AvgIpc) is 3.81. The third kappa shape index (κ3) is 8.04. The molecule has 6 heterocycles. The van der Waals surface area contributed by atoms with Gasteiger partial charge in [-0.25, -0.2) is 17.2 Å². The zero-order valence-electron chi connectivity index (χ0n) is 31.2. The van der Waals surface area contributed by atoms with Crippen LogP contribution >= 0.6 is 0 Å². The second kappa shape index (κ2) is 16.2. The number of aryl methyl sites for hydroxylation is 3. The smallest absolute Gasteiger partial charge is 0.310 e. The van der Waals surface area contributed by atoms with E-state index in [9.17, 15) is 27.1 Å². The van der Waals surface area contributed by atoms with Crippen molar-refractivity contribution in [2.24, 2.45) is 5.41 Å². The van der Waals surface area contributed by atoms with Crippen molar-refractivity contribution in [1.82, 2.24) is 33.8 Å². The highest BCUT2D eigenvalue weighted by Gasteiger charge is 2.41. The van der Waals surface area contributed by atoms with E-state index in [1.54, 1.807) is 52.9 Å². The van der Waals surface area contributed by atoms with E-state index in [0.29, 0.717) is 59.0 Å². The third-order valence-electron chi connectivity index (χ3n) is 10.3. The van der Waals surface area contributed by atoms with E-state index in [-0.39, 0.29) is 42.7 Å². The van der Waals surface area contributed by atoms with Crippen molar-refractivity contribution in [1.29, 1.82) is 0 Å². The number of hydrogen-bond acceptors (Lipinski definition) is 11. The molecule has 14 nitrogen and oxygen atoms in total. The second-order valence-corrected chi connectivity index (χ2v) is 16.3. The predicted molar refractivity (Wildman–Crippen MR) is 194 cm³/mol. The molecule has 1 unspecified atom stereocenters. The molecule has 2 aliphatic rings. The van der Waals surface area contributed by atoms with Gasteiger partial charge in [0.1, 0.15) is 18.1 Å². The number of alkyl halides is 2. The molecule has 292 valence electrons. The number of aromatic nitrogens is 5. The first-order chi connectivity index (χ1) is 25.7. The lowest BCUT2D eigenvalue weighted by atomic mass is 9.71. The normalized spacial score (nSPS) is 17.9. The number of rotatable bonds is 11. The number of carbonyl (C=O) groups is 1. The molecule has 2 aliphatic heterocycles. The molecule has 54 heavy (non-hydrogen) atoms. The van der Waals surface area contributed by atoms with E-state index in [4.69, 9.17) is 14.2 Å². The fourth-order valence-electron chi connectivity index (χ4n) is 7.05.